The molecule has 7 nitrogen and oxygen atoms in total. The summed E-state index contributed by atoms with van der Waals surface area (Å²) in [4.78, 5) is 11.2. The molecule has 3 heterocycles. The van der Waals surface area contributed by atoms with Crippen LogP contribution in [0, 0.1) is 18.6 Å². The van der Waals surface area contributed by atoms with Gasteiger partial charge in [0.15, 0.2) is 17.3 Å². The number of likely N-dealkylation sites (tertiary alicyclic amines) is 1. The molecule has 3 aromatic rings. The van der Waals surface area contributed by atoms with Gasteiger partial charge < -0.3 is 24.4 Å². The second-order valence-corrected chi connectivity index (χ2v) is 9.93. The lowest BCUT2D eigenvalue weighted by Crippen LogP contribution is -2.43. The van der Waals surface area contributed by atoms with E-state index in [0.29, 0.717) is 23.7 Å². The number of piperidine rings is 1. The van der Waals surface area contributed by atoms with E-state index in [4.69, 9.17) is 14.2 Å². The average molecular weight is 525 g/mol. The number of nitrogens with one attached hydrogen (secondary N) is 1. The molecule has 5 rings (SSSR count). The Labute approximate surface area is 222 Å². The molecule has 2 aliphatic rings. The van der Waals surface area contributed by atoms with Crippen molar-refractivity contribution in [2.75, 3.05) is 38.7 Å². The van der Waals surface area contributed by atoms with Gasteiger partial charge in [0, 0.05) is 24.9 Å². The number of nitrogens with zero attached hydrogens (tertiary/aromatic N) is 3. The van der Waals surface area contributed by atoms with E-state index in [-0.39, 0.29) is 23.5 Å². The summed E-state index contributed by atoms with van der Waals surface area (Å²) in [5.74, 6) is -0.165. The molecule has 0 radical (unpaired) electrons. The molecule has 2 fully saturated rings. The van der Waals surface area contributed by atoms with Crippen LogP contribution in [-0.4, -0.2) is 54.3 Å². The summed E-state index contributed by atoms with van der Waals surface area (Å²) in [6.45, 7) is 5.32. The van der Waals surface area contributed by atoms with E-state index in [1.165, 1.54) is 44.0 Å². The first-order valence-corrected chi connectivity index (χ1v) is 13.2. The molecule has 38 heavy (non-hydrogen) atoms. The van der Waals surface area contributed by atoms with Gasteiger partial charge >= 0.3 is 0 Å². The Morgan fingerprint density at radius 2 is 1.68 bits per heavy atom. The number of halogens is 2. The molecule has 0 aliphatic carbocycles. The normalized spacial score (nSPS) is 17.4. The molecule has 0 unspecified atom stereocenters. The molecule has 1 aromatic heterocycles. The SMILES string of the molecule is COc1cc(C)c(F)c(COc2cnc(Nc3ccc(C4CCN(C5CCOCC5)CC4)cc3)nc2)c1F. The summed E-state index contributed by atoms with van der Waals surface area (Å²) < 4.78 is 44.9. The van der Waals surface area contributed by atoms with Crippen molar-refractivity contribution in [3.63, 3.8) is 0 Å². The average Bonchev–Trinajstić information content (AvgIpc) is 2.97. The quantitative estimate of drug-likeness (QED) is 0.402. The van der Waals surface area contributed by atoms with E-state index in [1.807, 2.05) is 12.1 Å². The van der Waals surface area contributed by atoms with Gasteiger partial charge in [0.25, 0.3) is 0 Å². The van der Waals surface area contributed by atoms with Crippen LogP contribution in [-0.2, 0) is 11.3 Å². The lowest BCUT2D eigenvalue weighted by Gasteiger charge is -2.39. The highest BCUT2D eigenvalue weighted by Gasteiger charge is 2.27. The number of ether oxygens (including phenoxy) is 3. The van der Waals surface area contributed by atoms with E-state index in [2.05, 4.69) is 32.3 Å². The van der Waals surface area contributed by atoms with Crippen LogP contribution < -0.4 is 14.8 Å². The fraction of sp³-hybridized carbons (Fsp3) is 0.448. The number of benzene rings is 2. The second-order valence-electron chi connectivity index (χ2n) is 9.93. The fourth-order valence-electron chi connectivity index (χ4n) is 5.31. The molecule has 2 aliphatic heterocycles. The van der Waals surface area contributed by atoms with E-state index in [0.717, 1.165) is 44.8 Å². The Hall–Kier alpha value is -3.30. The number of aryl methyl sites for hydroxylation is 1. The van der Waals surface area contributed by atoms with Crippen LogP contribution >= 0.6 is 0 Å². The van der Waals surface area contributed by atoms with Gasteiger partial charge in [-0.2, -0.15) is 0 Å². The van der Waals surface area contributed by atoms with Gasteiger partial charge in [0.05, 0.1) is 25.1 Å². The van der Waals surface area contributed by atoms with E-state index >= 15 is 0 Å². The first-order valence-electron chi connectivity index (χ1n) is 13.2. The van der Waals surface area contributed by atoms with Crippen LogP contribution in [0.1, 0.15) is 48.3 Å². The Kier molecular flexibility index (Phi) is 8.34. The monoisotopic (exact) mass is 524 g/mol. The number of rotatable bonds is 8. The van der Waals surface area contributed by atoms with E-state index < -0.39 is 11.6 Å². The molecule has 0 amide bonds. The standard InChI is InChI=1S/C29H34F2N4O3/c1-19-15-26(36-2)28(31)25(27(19)30)18-38-24-16-32-29(33-17-24)34-22-5-3-20(4-6-22)21-7-11-35(12-8-21)23-9-13-37-14-10-23/h3-6,15-17,21,23H,7-14,18H2,1-2H3,(H,32,33,34). The maximum atomic E-state index is 14.5. The van der Waals surface area contributed by atoms with Crippen molar-refractivity contribution in [3.8, 4) is 11.5 Å². The largest absolute Gasteiger partial charge is 0.494 e. The van der Waals surface area contributed by atoms with Crippen molar-refractivity contribution >= 4 is 11.6 Å². The van der Waals surface area contributed by atoms with Gasteiger partial charge in [-0.05, 0) is 80.9 Å². The number of hydrogen-bond donors (Lipinski definition) is 1. The second kappa shape index (κ2) is 12.0. The highest BCUT2D eigenvalue weighted by Crippen LogP contribution is 2.31. The third-order valence-electron chi connectivity index (χ3n) is 7.55. The lowest BCUT2D eigenvalue weighted by molar-refractivity contribution is 0.0252. The highest BCUT2D eigenvalue weighted by atomic mass is 19.1. The lowest BCUT2D eigenvalue weighted by atomic mass is 9.88. The minimum Gasteiger partial charge on any atom is -0.494 e. The minimum atomic E-state index is -0.775. The maximum Gasteiger partial charge on any atom is 0.227 e. The van der Waals surface area contributed by atoms with Gasteiger partial charge in [-0.3, -0.25) is 0 Å². The van der Waals surface area contributed by atoms with Crippen molar-refractivity contribution in [1.82, 2.24) is 14.9 Å². The summed E-state index contributed by atoms with van der Waals surface area (Å²) in [7, 11) is 1.34. The molecule has 0 bridgehead atoms. The number of methoxy groups -OCH3 is 1. The molecule has 0 spiro atoms. The van der Waals surface area contributed by atoms with Crippen LogP contribution in [0.3, 0.4) is 0 Å². The molecule has 9 heteroatoms. The minimum absolute atomic E-state index is 0.0234. The third kappa shape index (κ3) is 6.05. The van der Waals surface area contributed by atoms with Gasteiger partial charge in [-0.1, -0.05) is 12.1 Å². The molecule has 0 atom stereocenters. The van der Waals surface area contributed by atoms with Crippen LogP contribution in [0.5, 0.6) is 11.5 Å². The van der Waals surface area contributed by atoms with Crippen molar-refractivity contribution in [3.05, 3.63) is 71.1 Å². The maximum absolute atomic E-state index is 14.5. The Morgan fingerprint density at radius 1 is 1.00 bits per heavy atom. The van der Waals surface area contributed by atoms with Gasteiger partial charge in [-0.15, -0.1) is 0 Å². The molecular formula is C29H34F2N4O3. The molecule has 0 saturated carbocycles. The smallest absolute Gasteiger partial charge is 0.227 e. The molecule has 2 aromatic carbocycles. The summed E-state index contributed by atoms with van der Waals surface area (Å²) in [5.41, 5.74) is 2.33. The summed E-state index contributed by atoms with van der Waals surface area (Å²) in [5, 5.41) is 3.19. The number of hydrogen-bond acceptors (Lipinski definition) is 7. The number of anilines is 2. The van der Waals surface area contributed by atoms with Crippen molar-refractivity contribution < 1.29 is 23.0 Å². The van der Waals surface area contributed by atoms with Crippen molar-refractivity contribution in [1.29, 1.82) is 0 Å². The molecule has 2 saturated heterocycles. The first-order chi connectivity index (χ1) is 18.5. The molecular weight excluding hydrogens is 490 g/mol. The predicted molar refractivity (Wildman–Crippen MR) is 141 cm³/mol. The van der Waals surface area contributed by atoms with E-state index in [1.54, 1.807) is 6.92 Å². The van der Waals surface area contributed by atoms with Gasteiger partial charge in [0.1, 0.15) is 12.4 Å². The van der Waals surface area contributed by atoms with Crippen LogP contribution in [0.15, 0.2) is 42.7 Å². The fourth-order valence-corrected chi connectivity index (χ4v) is 5.31. The zero-order valence-electron chi connectivity index (χ0n) is 21.9. The first kappa shape index (κ1) is 26.3. The Morgan fingerprint density at radius 3 is 2.34 bits per heavy atom. The van der Waals surface area contributed by atoms with Crippen LogP contribution in [0.2, 0.25) is 0 Å². The van der Waals surface area contributed by atoms with Gasteiger partial charge in [-0.25, -0.2) is 18.7 Å². The van der Waals surface area contributed by atoms with Gasteiger partial charge in [0.2, 0.25) is 5.95 Å². The van der Waals surface area contributed by atoms with Crippen molar-refractivity contribution in [2.45, 2.75) is 51.2 Å². The van der Waals surface area contributed by atoms with Crippen LogP contribution in [0.25, 0.3) is 0 Å². The zero-order valence-corrected chi connectivity index (χ0v) is 21.9. The third-order valence-corrected chi connectivity index (χ3v) is 7.55. The summed E-state index contributed by atoms with van der Waals surface area (Å²) >= 11 is 0. The zero-order chi connectivity index (χ0) is 26.5. The Bertz CT molecular complexity index is 1210. The highest BCUT2D eigenvalue weighted by molar-refractivity contribution is 5.54. The summed E-state index contributed by atoms with van der Waals surface area (Å²) in [6.07, 6.45) is 7.60. The Balaban J connectivity index is 1.13. The molecule has 1 N–H and O–H groups in total. The molecule has 202 valence electrons. The number of aromatic nitrogens is 2. The van der Waals surface area contributed by atoms with E-state index in [9.17, 15) is 8.78 Å². The predicted octanol–water partition coefficient (Wildman–Crippen LogP) is 5.75. The summed E-state index contributed by atoms with van der Waals surface area (Å²) in [6, 6.07) is 10.4. The van der Waals surface area contributed by atoms with Crippen LogP contribution in [0.4, 0.5) is 20.4 Å². The van der Waals surface area contributed by atoms with Crippen molar-refractivity contribution in [2.24, 2.45) is 0 Å². The topological polar surface area (TPSA) is 68.7 Å².